The van der Waals surface area contributed by atoms with Crippen LogP contribution in [0.15, 0.2) is 0 Å². The highest BCUT2D eigenvalue weighted by Gasteiger charge is 2.47. The summed E-state index contributed by atoms with van der Waals surface area (Å²) in [5.41, 5.74) is 0. The normalized spacial score (nSPS) is 25.0. The van der Waals surface area contributed by atoms with Crippen LogP contribution in [0.1, 0.15) is 264 Å². The monoisotopic (exact) mass is 1030 g/mol. The van der Waals surface area contributed by atoms with Gasteiger partial charge in [0.1, 0.15) is 54.9 Å². The summed E-state index contributed by atoms with van der Waals surface area (Å²) in [6.07, 6.45) is 33.1. The van der Waals surface area contributed by atoms with Crippen molar-refractivity contribution < 1.29 is 69.0 Å². The number of aliphatic hydroxyl groups excluding tert-OH is 7. The molecule has 14 nitrogen and oxygen atoms in total. The summed E-state index contributed by atoms with van der Waals surface area (Å²) in [4.78, 5) is 13.1. The molecular formula is C58H112O14. The Balaban J connectivity index is 1.69. The molecule has 428 valence electrons. The molecule has 11 unspecified atom stereocenters. The quantitative estimate of drug-likeness (QED) is 0.0223. The summed E-state index contributed by atoms with van der Waals surface area (Å²) in [6.45, 7) is 3.77. The van der Waals surface area contributed by atoms with Crippen molar-refractivity contribution in [1.29, 1.82) is 0 Å². The van der Waals surface area contributed by atoms with E-state index in [2.05, 4.69) is 13.8 Å². The fourth-order valence-electron chi connectivity index (χ4n) is 9.99. The number of aliphatic hydroxyl groups is 7. The molecule has 0 aromatic carbocycles. The van der Waals surface area contributed by atoms with E-state index >= 15 is 0 Å². The summed E-state index contributed by atoms with van der Waals surface area (Å²) < 4.78 is 34.4. The molecule has 0 radical (unpaired) electrons. The van der Waals surface area contributed by atoms with Crippen LogP contribution in [-0.2, 0) is 33.2 Å². The highest BCUT2D eigenvalue weighted by Crippen LogP contribution is 2.27. The Morgan fingerprint density at radius 1 is 0.403 bits per heavy atom. The summed E-state index contributed by atoms with van der Waals surface area (Å²) in [5, 5.41) is 72.4. The first-order valence-electron chi connectivity index (χ1n) is 30.1. The minimum atomic E-state index is -1.70. The molecule has 0 saturated carbocycles. The molecule has 2 heterocycles. The zero-order valence-electron chi connectivity index (χ0n) is 46.0. The molecule has 2 aliphatic rings. The lowest BCUT2D eigenvalue weighted by molar-refractivity contribution is -0.332. The van der Waals surface area contributed by atoms with Crippen LogP contribution in [0.2, 0.25) is 0 Å². The molecule has 0 aliphatic carbocycles. The third kappa shape index (κ3) is 32.5. The van der Waals surface area contributed by atoms with Crippen molar-refractivity contribution in [2.45, 2.75) is 332 Å². The maximum Gasteiger partial charge on any atom is 0.306 e. The van der Waals surface area contributed by atoms with Crippen LogP contribution < -0.4 is 0 Å². The molecular weight excluding hydrogens is 921 g/mol. The van der Waals surface area contributed by atoms with E-state index in [0.717, 1.165) is 44.9 Å². The molecule has 0 aromatic heterocycles. The number of carbonyl (C=O) groups is 1. The van der Waals surface area contributed by atoms with Gasteiger partial charge in [-0.3, -0.25) is 4.79 Å². The highest BCUT2D eigenvalue weighted by molar-refractivity contribution is 5.69. The number of hydrogen-bond donors (Lipinski definition) is 7. The van der Waals surface area contributed by atoms with Crippen molar-refractivity contribution in [2.24, 2.45) is 0 Å². The van der Waals surface area contributed by atoms with Gasteiger partial charge in [-0.25, -0.2) is 0 Å². The van der Waals surface area contributed by atoms with E-state index < -0.39 is 80.7 Å². The first-order valence-corrected chi connectivity index (χ1v) is 30.1. The van der Waals surface area contributed by atoms with Crippen LogP contribution in [0, 0.1) is 0 Å². The molecule has 0 spiro atoms. The van der Waals surface area contributed by atoms with E-state index in [1.807, 2.05) is 0 Å². The van der Waals surface area contributed by atoms with E-state index in [0.29, 0.717) is 6.61 Å². The molecule has 2 aliphatic heterocycles. The summed E-state index contributed by atoms with van der Waals surface area (Å²) >= 11 is 0. The zero-order valence-corrected chi connectivity index (χ0v) is 46.0. The number of hydrogen-bond acceptors (Lipinski definition) is 14. The van der Waals surface area contributed by atoms with Gasteiger partial charge >= 0.3 is 5.97 Å². The van der Waals surface area contributed by atoms with Crippen molar-refractivity contribution in [3.63, 3.8) is 0 Å². The molecule has 14 heteroatoms. The maximum absolute atomic E-state index is 13.1. The van der Waals surface area contributed by atoms with Crippen molar-refractivity contribution in [1.82, 2.24) is 0 Å². The first kappa shape index (κ1) is 67.1. The van der Waals surface area contributed by atoms with Gasteiger partial charge in [0.2, 0.25) is 0 Å². The Hall–Kier alpha value is -1.01. The molecule has 0 aromatic rings. The van der Waals surface area contributed by atoms with E-state index in [-0.39, 0.29) is 25.6 Å². The number of rotatable bonds is 50. The Morgan fingerprint density at radius 2 is 0.736 bits per heavy atom. The van der Waals surface area contributed by atoms with Crippen LogP contribution in [0.25, 0.3) is 0 Å². The smallest absolute Gasteiger partial charge is 0.306 e. The van der Waals surface area contributed by atoms with Crippen LogP contribution in [0.5, 0.6) is 0 Å². The Morgan fingerprint density at radius 3 is 1.12 bits per heavy atom. The van der Waals surface area contributed by atoms with Crippen LogP contribution >= 0.6 is 0 Å². The fourth-order valence-corrected chi connectivity index (χ4v) is 9.99. The molecule has 2 saturated heterocycles. The van der Waals surface area contributed by atoms with Gasteiger partial charge in [-0.1, -0.05) is 245 Å². The second-order valence-corrected chi connectivity index (χ2v) is 21.5. The molecule has 72 heavy (non-hydrogen) atoms. The second kappa shape index (κ2) is 46.1. The highest BCUT2D eigenvalue weighted by atomic mass is 16.7. The van der Waals surface area contributed by atoms with E-state index in [4.69, 9.17) is 28.4 Å². The standard InChI is InChI=1S/C58H112O14/c1-3-5-7-9-11-13-15-17-19-21-23-24-26-28-30-32-34-36-38-40-42-67-44-47(70-50(60)41-39-37-35-33-31-29-27-25-22-20-18-16-14-12-10-8-6-4-2)45-68-57-56(66)54(64)52(62)49(72-57)46-69-58-55(65)53(63)51(61)48(43-59)71-58/h47-49,51-59,61-66H,3-46H2,1-2H3. The lowest BCUT2D eigenvalue weighted by atomic mass is 9.98. The van der Waals surface area contributed by atoms with Crippen LogP contribution in [0.4, 0.5) is 0 Å². The SMILES string of the molecule is CCCCCCCCCCCCCCCCCCCCCCOCC(COC1OC(COC2OC(CO)C(O)C(O)C2O)C(O)C(O)C1O)OC(=O)CCCCCCCCCCCCCCCCCCCC. The van der Waals surface area contributed by atoms with E-state index in [1.54, 1.807) is 0 Å². The number of esters is 1. The van der Waals surface area contributed by atoms with Crippen LogP contribution in [-0.4, -0.2) is 142 Å². The Bertz CT molecular complexity index is 1200. The number of unbranched alkanes of at least 4 members (excludes halogenated alkanes) is 36. The molecule has 0 amide bonds. The first-order chi connectivity index (χ1) is 35.1. The molecule has 2 rings (SSSR count). The Labute approximate surface area is 438 Å². The zero-order chi connectivity index (χ0) is 52.3. The second-order valence-electron chi connectivity index (χ2n) is 21.5. The van der Waals surface area contributed by atoms with Gasteiger partial charge in [-0.2, -0.15) is 0 Å². The summed E-state index contributed by atoms with van der Waals surface area (Å²) in [6, 6.07) is 0. The Kier molecular flexibility index (Phi) is 43.0. The van der Waals surface area contributed by atoms with Gasteiger partial charge in [0.15, 0.2) is 12.6 Å². The number of carbonyl (C=O) groups excluding carboxylic acids is 1. The predicted octanol–water partition coefficient (Wildman–Crippen LogP) is 10.8. The minimum absolute atomic E-state index is 0.0711. The third-order valence-electron chi connectivity index (χ3n) is 14.9. The molecule has 7 N–H and O–H groups in total. The van der Waals surface area contributed by atoms with Crippen LogP contribution in [0.3, 0.4) is 0 Å². The topological polar surface area (TPSA) is 214 Å². The van der Waals surface area contributed by atoms with Crippen molar-refractivity contribution >= 4 is 5.97 Å². The van der Waals surface area contributed by atoms with E-state index in [1.165, 1.54) is 199 Å². The van der Waals surface area contributed by atoms with Gasteiger partial charge in [-0.05, 0) is 12.8 Å². The molecule has 0 bridgehead atoms. The predicted molar refractivity (Wildman–Crippen MR) is 284 cm³/mol. The number of ether oxygens (including phenoxy) is 6. The van der Waals surface area contributed by atoms with Crippen molar-refractivity contribution in [3.05, 3.63) is 0 Å². The summed E-state index contributed by atoms with van der Waals surface area (Å²) in [5.74, 6) is -0.367. The van der Waals surface area contributed by atoms with Gasteiger partial charge in [0, 0.05) is 13.0 Å². The largest absolute Gasteiger partial charge is 0.457 e. The minimum Gasteiger partial charge on any atom is -0.457 e. The maximum atomic E-state index is 13.1. The third-order valence-corrected chi connectivity index (χ3v) is 14.9. The average Bonchev–Trinajstić information content (AvgIpc) is 3.38. The van der Waals surface area contributed by atoms with E-state index in [9.17, 15) is 40.5 Å². The van der Waals surface area contributed by atoms with Gasteiger partial charge in [0.25, 0.3) is 0 Å². The van der Waals surface area contributed by atoms with Crippen molar-refractivity contribution in [3.8, 4) is 0 Å². The van der Waals surface area contributed by atoms with Crippen molar-refractivity contribution in [2.75, 3.05) is 33.0 Å². The lowest BCUT2D eigenvalue weighted by Crippen LogP contribution is -2.61. The fraction of sp³-hybridized carbons (Fsp3) is 0.983. The van der Waals surface area contributed by atoms with Gasteiger partial charge < -0.3 is 64.2 Å². The average molecular weight is 1030 g/mol. The van der Waals surface area contributed by atoms with Gasteiger partial charge in [0.05, 0.1) is 26.4 Å². The molecule has 2 fully saturated rings. The molecule has 11 atom stereocenters. The lowest BCUT2D eigenvalue weighted by Gasteiger charge is -2.42. The summed E-state index contributed by atoms with van der Waals surface area (Å²) in [7, 11) is 0. The van der Waals surface area contributed by atoms with Gasteiger partial charge in [-0.15, -0.1) is 0 Å².